The molecule has 0 bridgehead atoms. The molecular formula is C14H21BrFN3O2. The van der Waals surface area contributed by atoms with Gasteiger partial charge in [0.15, 0.2) is 0 Å². The molecule has 0 saturated carbocycles. The van der Waals surface area contributed by atoms with Gasteiger partial charge in [0.1, 0.15) is 11.5 Å². The molecule has 0 heterocycles. The molecule has 0 aliphatic rings. The Morgan fingerprint density at radius 3 is 2.57 bits per heavy atom. The Labute approximate surface area is 132 Å². The fraction of sp³-hybridized carbons (Fsp3) is 0.571. The van der Waals surface area contributed by atoms with Crippen LogP contribution in [0.5, 0.6) is 0 Å². The highest BCUT2D eigenvalue weighted by atomic mass is 79.9. The lowest BCUT2D eigenvalue weighted by molar-refractivity contribution is -0.384. The zero-order valence-electron chi connectivity index (χ0n) is 12.5. The van der Waals surface area contributed by atoms with Gasteiger partial charge < -0.3 is 10.6 Å². The van der Waals surface area contributed by atoms with Crippen molar-refractivity contribution in [1.82, 2.24) is 0 Å². The molecule has 7 heteroatoms. The van der Waals surface area contributed by atoms with E-state index in [2.05, 4.69) is 15.9 Å². The first kappa shape index (κ1) is 17.8. The summed E-state index contributed by atoms with van der Waals surface area (Å²) in [6, 6.07) is 2.42. The maximum atomic E-state index is 13.8. The molecule has 0 spiro atoms. The largest absolute Gasteiger partial charge is 0.365 e. The molecule has 1 aromatic rings. The third-order valence-corrected chi connectivity index (χ3v) is 3.83. The number of nitrogens with zero attached hydrogens (tertiary/aromatic N) is 2. The van der Waals surface area contributed by atoms with Crippen molar-refractivity contribution in [1.29, 1.82) is 0 Å². The molecule has 0 atom stereocenters. The fourth-order valence-electron chi connectivity index (χ4n) is 2.06. The number of nitro groups is 1. The summed E-state index contributed by atoms with van der Waals surface area (Å²) < 4.78 is 13.9. The number of nitro benzene ring substituents is 1. The second-order valence-electron chi connectivity index (χ2n) is 5.80. The summed E-state index contributed by atoms with van der Waals surface area (Å²) in [5.41, 5.74) is 5.71. The highest BCUT2D eigenvalue weighted by molar-refractivity contribution is 9.10. The van der Waals surface area contributed by atoms with Crippen LogP contribution in [0.4, 0.5) is 15.8 Å². The average molecular weight is 362 g/mol. The molecule has 1 rings (SSSR count). The molecule has 21 heavy (non-hydrogen) atoms. The van der Waals surface area contributed by atoms with E-state index in [1.54, 1.807) is 0 Å². The highest BCUT2D eigenvalue weighted by Crippen LogP contribution is 2.34. The van der Waals surface area contributed by atoms with Gasteiger partial charge in [-0.05, 0) is 34.3 Å². The van der Waals surface area contributed by atoms with Gasteiger partial charge in [-0.25, -0.2) is 4.39 Å². The Morgan fingerprint density at radius 2 is 2.10 bits per heavy atom. The van der Waals surface area contributed by atoms with E-state index in [-0.39, 0.29) is 15.6 Å². The Hall–Kier alpha value is -1.21. The van der Waals surface area contributed by atoms with Crippen molar-refractivity contribution in [3.8, 4) is 0 Å². The Kier molecular flexibility index (Phi) is 6.10. The van der Waals surface area contributed by atoms with Crippen molar-refractivity contribution in [3.05, 3.63) is 32.5 Å². The SMILES string of the molecule is CCCN(CC(C)(C)CN)c1cc(F)c(Br)cc1[N+](=O)[O-]. The normalized spacial score (nSPS) is 11.5. The molecule has 0 fully saturated rings. The number of hydrogen-bond acceptors (Lipinski definition) is 4. The summed E-state index contributed by atoms with van der Waals surface area (Å²) in [5, 5.41) is 11.2. The van der Waals surface area contributed by atoms with Crippen LogP contribution in [0.3, 0.4) is 0 Å². The number of hydrogen-bond donors (Lipinski definition) is 1. The Balaban J connectivity index is 3.30. The van der Waals surface area contributed by atoms with Gasteiger partial charge in [0.05, 0.1) is 9.40 Å². The first-order valence-electron chi connectivity index (χ1n) is 6.80. The number of anilines is 1. The first-order chi connectivity index (χ1) is 9.71. The Bertz CT molecular complexity index is 523. The van der Waals surface area contributed by atoms with Crippen LogP contribution < -0.4 is 10.6 Å². The van der Waals surface area contributed by atoms with E-state index in [9.17, 15) is 14.5 Å². The summed E-state index contributed by atoms with van der Waals surface area (Å²) >= 11 is 2.99. The van der Waals surface area contributed by atoms with Crippen molar-refractivity contribution in [2.45, 2.75) is 27.2 Å². The van der Waals surface area contributed by atoms with Crippen molar-refractivity contribution in [3.63, 3.8) is 0 Å². The number of rotatable bonds is 7. The maximum Gasteiger partial charge on any atom is 0.293 e. The molecule has 0 aromatic heterocycles. The molecule has 2 N–H and O–H groups in total. The second kappa shape index (κ2) is 7.17. The van der Waals surface area contributed by atoms with Crippen molar-refractivity contribution < 1.29 is 9.31 Å². The summed E-state index contributed by atoms with van der Waals surface area (Å²) in [5.74, 6) is -0.512. The second-order valence-corrected chi connectivity index (χ2v) is 6.66. The third kappa shape index (κ3) is 4.64. The van der Waals surface area contributed by atoms with Gasteiger partial charge in [0.25, 0.3) is 5.69 Å². The monoisotopic (exact) mass is 361 g/mol. The van der Waals surface area contributed by atoms with Gasteiger partial charge in [0.2, 0.25) is 0 Å². The van der Waals surface area contributed by atoms with Gasteiger partial charge in [-0.15, -0.1) is 0 Å². The fourth-order valence-corrected chi connectivity index (χ4v) is 2.39. The van der Waals surface area contributed by atoms with Crippen LogP contribution in [-0.4, -0.2) is 24.6 Å². The lowest BCUT2D eigenvalue weighted by Gasteiger charge is -2.33. The maximum absolute atomic E-state index is 13.8. The molecule has 1 aromatic carbocycles. The minimum atomic E-state index is -0.512. The van der Waals surface area contributed by atoms with Crippen LogP contribution in [0, 0.1) is 21.3 Å². The van der Waals surface area contributed by atoms with Gasteiger partial charge in [0, 0.05) is 25.2 Å². The predicted molar refractivity (Wildman–Crippen MR) is 86.1 cm³/mol. The van der Waals surface area contributed by atoms with Gasteiger partial charge >= 0.3 is 0 Å². The summed E-state index contributed by atoms with van der Waals surface area (Å²) in [6.07, 6.45) is 0.801. The van der Waals surface area contributed by atoms with Gasteiger partial charge in [-0.1, -0.05) is 20.8 Å². The molecule has 5 nitrogen and oxygen atoms in total. The van der Waals surface area contributed by atoms with E-state index in [1.165, 1.54) is 12.1 Å². The smallest absolute Gasteiger partial charge is 0.293 e. The van der Waals surface area contributed by atoms with Gasteiger partial charge in [-0.3, -0.25) is 10.1 Å². The molecule has 0 unspecified atom stereocenters. The lowest BCUT2D eigenvalue weighted by Crippen LogP contribution is -2.39. The van der Waals surface area contributed by atoms with E-state index >= 15 is 0 Å². The zero-order valence-corrected chi connectivity index (χ0v) is 14.1. The average Bonchev–Trinajstić information content (AvgIpc) is 2.40. The summed E-state index contributed by atoms with van der Waals surface area (Å²) in [7, 11) is 0. The minimum absolute atomic E-state index is 0.0903. The summed E-state index contributed by atoms with van der Waals surface area (Å²) in [6.45, 7) is 7.52. The van der Waals surface area contributed by atoms with Crippen LogP contribution in [0.1, 0.15) is 27.2 Å². The minimum Gasteiger partial charge on any atom is -0.365 e. The highest BCUT2D eigenvalue weighted by Gasteiger charge is 2.26. The van der Waals surface area contributed by atoms with Crippen molar-refractivity contribution in [2.75, 3.05) is 24.5 Å². The third-order valence-electron chi connectivity index (χ3n) is 3.22. The van der Waals surface area contributed by atoms with E-state index in [4.69, 9.17) is 5.73 Å². The lowest BCUT2D eigenvalue weighted by atomic mass is 9.92. The van der Waals surface area contributed by atoms with Crippen LogP contribution in [0.2, 0.25) is 0 Å². The quantitative estimate of drug-likeness (QED) is 0.593. The van der Waals surface area contributed by atoms with E-state index < -0.39 is 10.7 Å². The van der Waals surface area contributed by atoms with Crippen molar-refractivity contribution >= 4 is 27.3 Å². The van der Waals surface area contributed by atoms with E-state index in [1.807, 2.05) is 25.7 Å². The first-order valence-corrected chi connectivity index (χ1v) is 7.59. The van der Waals surface area contributed by atoms with Gasteiger partial charge in [-0.2, -0.15) is 0 Å². The molecule has 0 saturated heterocycles. The molecule has 0 aliphatic carbocycles. The molecule has 0 radical (unpaired) electrons. The van der Waals surface area contributed by atoms with E-state index in [0.29, 0.717) is 25.3 Å². The summed E-state index contributed by atoms with van der Waals surface area (Å²) in [4.78, 5) is 12.6. The molecule has 0 amide bonds. The molecule has 118 valence electrons. The molecular weight excluding hydrogens is 341 g/mol. The van der Waals surface area contributed by atoms with Crippen LogP contribution >= 0.6 is 15.9 Å². The number of nitrogens with two attached hydrogens (primary N) is 1. The van der Waals surface area contributed by atoms with E-state index in [0.717, 1.165) is 6.42 Å². The van der Waals surface area contributed by atoms with Crippen LogP contribution in [0.25, 0.3) is 0 Å². The topological polar surface area (TPSA) is 72.4 Å². The Morgan fingerprint density at radius 1 is 1.48 bits per heavy atom. The van der Waals surface area contributed by atoms with Crippen LogP contribution in [0.15, 0.2) is 16.6 Å². The standard InChI is InChI=1S/C14H21BrFN3O2/c1-4-5-18(9-14(2,3)8-17)12-7-11(16)10(15)6-13(12)19(20)21/h6-7H,4-5,8-9,17H2,1-3H3. The number of benzene rings is 1. The van der Waals surface area contributed by atoms with Crippen molar-refractivity contribution in [2.24, 2.45) is 11.1 Å². The predicted octanol–water partition coefficient (Wildman–Crippen LogP) is 3.70. The number of halogens is 2. The zero-order chi connectivity index (χ0) is 16.2. The van der Waals surface area contributed by atoms with Crippen LogP contribution in [-0.2, 0) is 0 Å². The molecule has 0 aliphatic heterocycles.